The summed E-state index contributed by atoms with van der Waals surface area (Å²) in [5.74, 6) is 0.873. The molecule has 1 rings (SSSR count). The first-order valence-corrected chi connectivity index (χ1v) is 5.29. The van der Waals surface area contributed by atoms with E-state index in [9.17, 15) is 4.79 Å². The number of hydrogen-bond acceptors (Lipinski definition) is 3. The number of methoxy groups -OCH3 is 1. The Bertz CT molecular complexity index is 175. The van der Waals surface area contributed by atoms with Gasteiger partial charge in [-0.3, -0.25) is 4.79 Å². The Morgan fingerprint density at radius 2 is 2.07 bits per heavy atom. The summed E-state index contributed by atoms with van der Waals surface area (Å²) in [5, 5.41) is 6.06. The third-order valence-electron chi connectivity index (χ3n) is 2.28. The summed E-state index contributed by atoms with van der Waals surface area (Å²) in [7, 11) is 1.68. The van der Waals surface area contributed by atoms with Crippen molar-refractivity contribution < 1.29 is 9.53 Å². The second kappa shape index (κ2) is 8.95. The van der Waals surface area contributed by atoms with E-state index in [2.05, 4.69) is 10.6 Å². The van der Waals surface area contributed by atoms with Crippen LogP contribution in [-0.4, -0.2) is 39.3 Å². The number of carbonyl (C=O) groups excluding carboxylic acids is 1. The maximum absolute atomic E-state index is 11.2. The van der Waals surface area contributed by atoms with Crippen LogP contribution in [0.3, 0.4) is 0 Å². The summed E-state index contributed by atoms with van der Waals surface area (Å²) in [5.41, 5.74) is 0. The van der Waals surface area contributed by atoms with E-state index in [1.54, 1.807) is 7.11 Å². The van der Waals surface area contributed by atoms with Crippen LogP contribution in [0.2, 0.25) is 0 Å². The second-order valence-electron chi connectivity index (χ2n) is 3.74. The molecule has 0 aromatic carbocycles. The second-order valence-corrected chi connectivity index (χ2v) is 3.74. The monoisotopic (exact) mass is 236 g/mol. The van der Waals surface area contributed by atoms with Crippen molar-refractivity contribution >= 4 is 18.3 Å². The molecular formula is C10H21ClN2O2. The largest absolute Gasteiger partial charge is 0.383 e. The van der Waals surface area contributed by atoms with Crippen LogP contribution in [0.25, 0.3) is 0 Å². The van der Waals surface area contributed by atoms with Gasteiger partial charge in [0.1, 0.15) is 0 Å². The Labute approximate surface area is 97.5 Å². The maximum Gasteiger partial charge on any atom is 0.220 e. The van der Waals surface area contributed by atoms with Gasteiger partial charge in [0.25, 0.3) is 0 Å². The third kappa shape index (κ3) is 8.66. The van der Waals surface area contributed by atoms with E-state index in [1.807, 2.05) is 0 Å². The molecular weight excluding hydrogens is 216 g/mol. The van der Waals surface area contributed by atoms with E-state index in [0.29, 0.717) is 5.92 Å². The Balaban J connectivity index is 0.00000196. The van der Waals surface area contributed by atoms with E-state index < -0.39 is 0 Å². The van der Waals surface area contributed by atoms with E-state index in [-0.39, 0.29) is 18.3 Å². The Kier molecular flexibility index (Phi) is 8.76. The molecule has 5 heteroatoms. The minimum atomic E-state index is 0. The fourth-order valence-corrected chi connectivity index (χ4v) is 1.25. The van der Waals surface area contributed by atoms with Gasteiger partial charge in [0.05, 0.1) is 6.61 Å². The fourth-order valence-electron chi connectivity index (χ4n) is 1.25. The van der Waals surface area contributed by atoms with Crippen molar-refractivity contribution in [2.75, 3.05) is 33.4 Å². The van der Waals surface area contributed by atoms with E-state index in [0.717, 1.165) is 32.7 Å². The first kappa shape index (κ1) is 14.7. The van der Waals surface area contributed by atoms with E-state index >= 15 is 0 Å². The lowest BCUT2D eigenvalue weighted by atomic mass is 10.3. The van der Waals surface area contributed by atoms with Gasteiger partial charge in [0.2, 0.25) is 5.91 Å². The highest BCUT2D eigenvalue weighted by Gasteiger charge is 2.23. The number of ether oxygens (including phenoxy) is 1. The molecule has 1 aliphatic rings. The van der Waals surface area contributed by atoms with Crippen LogP contribution in [-0.2, 0) is 9.53 Å². The average molecular weight is 237 g/mol. The van der Waals surface area contributed by atoms with Crippen LogP contribution >= 0.6 is 12.4 Å². The Morgan fingerprint density at radius 1 is 1.33 bits per heavy atom. The van der Waals surface area contributed by atoms with Gasteiger partial charge < -0.3 is 15.4 Å². The molecule has 0 aliphatic heterocycles. The van der Waals surface area contributed by atoms with E-state index in [4.69, 9.17) is 4.74 Å². The summed E-state index contributed by atoms with van der Waals surface area (Å²) in [4.78, 5) is 11.2. The smallest absolute Gasteiger partial charge is 0.220 e. The summed E-state index contributed by atoms with van der Waals surface area (Å²) in [6.45, 7) is 3.10. The number of nitrogens with one attached hydrogen (secondary N) is 2. The number of halogens is 1. The molecule has 4 nitrogen and oxygen atoms in total. The van der Waals surface area contributed by atoms with Crippen molar-refractivity contribution in [1.82, 2.24) is 10.6 Å². The van der Waals surface area contributed by atoms with Crippen LogP contribution in [0.5, 0.6) is 0 Å². The zero-order valence-corrected chi connectivity index (χ0v) is 10.1. The van der Waals surface area contributed by atoms with Crippen LogP contribution in [0.15, 0.2) is 0 Å². The zero-order chi connectivity index (χ0) is 10.2. The van der Waals surface area contributed by atoms with Crippen molar-refractivity contribution in [3.63, 3.8) is 0 Å². The molecule has 0 unspecified atom stereocenters. The standard InChI is InChI=1S/C10H20N2O2.ClH/c1-14-7-6-11-4-5-12-10(13)8-9-2-3-9;/h9,11H,2-8H2,1H3,(H,12,13);1H. The van der Waals surface area contributed by atoms with Crippen molar-refractivity contribution in [2.45, 2.75) is 19.3 Å². The molecule has 1 amide bonds. The predicted molar refractivity (Wildman–Crippen MR) is 62.3 cm³/mol. The highest BCUT2D eigenvalue weighted by atomic mass is 35.5. The molecule has 1 saturated carbocycles. The number of rotatable bonds is 8. The predicted octanol–water partition coefficient (Wildman–Crippen LogP) is 0.560. The highest BCUT2D eigenvalue weighted by molar-refractivity contribution is 5.85. The van der Waals surface area contributed by atoms with Gasteiger partial charge in [0, 0.05) is 33.2 Å². The quantitative estimate of drug-likeness (QED) is 0.606. The van der Waals surface area contributed by atoms with Crippen LogP contribution < -0.4 is 10.6 Å². The number of hydrogen-bond donors (Lipinski definition) is 2. The molecule has 0 saturated heterocycles. The van der Waals surface area contributed by atoms with Gasteiger partial charge in [-0.2, -0.15) is 0 Å². The van der Waals surface area contributed by atoms with E-state index in [1.165, 1.54) is 12.8 Å². The molecule has 1 fully saturated rings. The van der Waals surface area contributed by atoms with Gasteiger partial charge >= 0.3 is 0 Å². The molecule has 1 aliphatic carbocycles. The summed E-state index contributed by atoms with van der Waals surface area (Å²) < 4.78 is 4.88. The molecule has 0 radical (unpaired) electrons. The van der Waals surface area contributed by atoms with Crippen molar-refractivity contribution in [3.8, 4) is 0 Å². The van der Waals surface area contributed by atoms with Gasteiger partial charge in [-0.1, -0.05) is 0 Å². The minimum Gasteiger partial charge on any atom is -0.383 e. The van der Waals surface area contributed by atoms with Gasteiger partial charge in [-0.05, 0) is 18.8 Å². The molecule has 2 N–H and O–H groups in total. The molecule has 0 aromatic rings. The zero-order valence-electron chi connectivity index (χ0n) is 9.25. The van der Waals surface area contributed by atoms with Gasteiger partial charge in [0.15, 0.2) is 0 Å². The molecule has 0 aromatic heterocycles. The summed E-state index contributed by atoms with van der Waals surface area (Å²) >= 11 is 0. The Morgan fingerprint density at radius 3 is 2.67 bits per heavy atom. The number of carbonyl (C=O) groups is 1. The highest BCUT2D eigenvalue weighted by Crippen LogP contribution is 2.31. The molecule has 0 spiro atoms. The Hall–Kier alpha value is -0.320. The molecule has 0 atom stereocenters. The van der Waals surface area contributed by atoms with Gasteiger partial charge in [-0.15, -0.1) is 12.4 Å². The van der Waals surface area contributed by atoms with Crippen LogP contribution in [0, 0.1) is 5.92 Å². The van der Waals surface area contributed by atoms with Crippen LogP contribution in [0.4, 0.5) is 0 Å². The molecule has 90 valence electrons. The maximum atomic E-state index is 11.2. The first-order chi connectivity index (χ1) is 6.83. The van der Waals surface area contributed by atoms with Gasteiger partial charge in [-0.25, -0.2) is 0 Å². The molecule has 0 bridgehead atoms. The normalized spacial score (nSPS) is 14.5. The van der Waals surface area contributed by atoms with Crippen molar-refractivity contribution in [3.05, 3.63) is 0 Å². The van der Waals surface area contributed by atoms with Crippen molar-refractivity contribution in [1.29, 1.82) is 0 Å². The minimum absolute atomic E-state index is 0. The third-order valence-corrected chi connectivity index (χ3v) is 2.28. The molecule has 0 heterocycles. The number of amides is 1. The average Bonchev–Trinajstić information content (AvgIpc) is 2.95. The lowest BCUT2D eigenvalue weighted by molar-refractivity contribution is -0.121. The summed E-state index contributed by atoms with van der Waals surface area (Å²) in [6, 6.07) is 0. The first-order valence-electron chi connectivity index (χ1n) is 5.29. The SMILES string of the molecule is COCCNCCNC(=O)CC1CC1.Cl. The topological polar surface area (TPSA) is 50.4 Å². The van der Waals surface area contributed by atoms with Crippen LogP contribution in [0.1, 0.15) is 19.3 Å². The molecule has 15 heavy (non-hydrogen) atoms. The fraction of sp³-hybridized carbons (Fsp3) is 0.900. The lowest BCUT2D eigenvalue weighted by Crippen LogP contribution is -2.33. The lowest BCUT2D eigenvalue weighted by Gasteiger charge is -2.05. The van der Waals surface area contributed by atoms with Crippen molar-refractivity contribution in [2.24, 2.45) is 5.92 Å². The summed E-state index contributed by atoms with van der Waals surface area (Å²) in [6.07, 6.45) is 3.19.